The number of esters is 1. The lowest BCUT2D eigenvalue weighted by atomic mass is 10.1. The van der Waals surface area contributed by atoms with Crippen LogP contribution in [0.3, 0.4) is 0 Å². The lowest BCUT2D eigenvalue weighted by molar-refractivity contribution is 0.0597. The highest BCUT2D eigenvalue weighted by Gasteiger charge is 2.20. The molecule has 1 amide bonds. The van der Waals surface area contributed by atoms with Crippen molar-refractivity contribution in [2.24, 2.45) is 0 Å². The molecule has 134 valence electrons. The minimum Gasteiger partial charge on any atom is -0.505 e. The first-order valence-corrected chi connectivity index (χ1v) is 9.36. The fourth-order valence-electron chi connectivity index (χ4n) is 2.24. The van der Waals surface area contributed by atoms with E-state index < -0.39 is 11.9 Å². The van der Waals surface area contributed by atoms with Gasteiger partial charge in [-0.15, -0.1) is 22.7 Å². The number of ether oxygens (including phenoxy) is 1. The van der Waals surface area contributed by atoms with Crippen LogP contribution in [0.5, 0.6) is 5.75 Å². The topological polar surface area (TPSA) is 88.5 Å². The Labute approximate surface area is 162 Å². The summed E-state index contributed by atoms with van der Waals surface area (Å²) in [7, 11) is 1.21. The molecule has 0 spiro atoms. The van der Waals surface area contributed by atoms with Gasteiger partial charge in [-0.3, -0.25) is 4.79 Å². The number of methoxy groups -OCH3 is 1. The summed E-state index contributed by atoms with van der Waals surface area (Å²) < 4.78 is 5.25. The van der Waals surface area contributed by atoms with E-state index in [1.165, 1.54) is 41.9 Å². The van der Waals surface area contributed by atoms with Crippen LogP contribution < -0.4 is 5.32 Å². The molecule has 26 heavy (non-hydrogen) atoms. The number of hydrogen-bond donors (Lipinski definition) is 2. The predicted molar refractivity (Wildman–Crippen MR) is 103 cm³/mol. The third-order valence-electron chi connectivity index (χ3n) is 3.48. The molecular formula is C17H13ClN2O4S2. The number of carbonyl (C=O) groups excluding carboxylic acids is 2. The smallest absolute Gasteiger partial charge is 0.341 e. The van der Waals surface area contributed by atoms with E-state index in [2.05, 4.69) is 15.0 Å². The number of aromatic nitrogens is 1. The van der Waals surface area contributed by atoms with Gasteiger partial charge in [-0.2, -0.15) is 0 Å². The Morgan fingerprint density at radius 2 is 2.00 bits per heavy atom. The zero-order valence-electron chi connectivity index (χ0n) is 13.7. The van der Waals surface area contributed by atoms with E-state index in [1.54, 1.807) is 19.1 Å². The molecule has 0 bridgehead atoms. The van der Waals surface area contributed by atoms with Crippen LogP contribution in [0.2, 0.25) is 4.34 Å². The maximum atomic E-state index is 12.6. The van der Waals surface area contributed by atoms with Crippen molar-refractivity contribution < 1.29 is 19.4 Å². The van der Waals surface area contributed by atoms with E-state index in [-0.39, 0.29) is 17.0 Å². The number of nitrogens with one attached hydrogen (secondary N) is 1. The number of anilines is 1. The summed E-state index contributed by atoms with van der Waals surface area (Å²) in [6.45, 7) is 1.73. The van der Waals surface area contributed by atoms with Gasteiger partial charge < -0.3 is 15.2 Å². The third kappa shape index (κ3) is 3.57. The number of nitrogens with zero attached hydrogens (tertiary/aromatic N) is 1. The Kier molecular flexibility index (Phi) is 5.26. The Hall–Kier alpha value is -2.42. The van der Waals surface area contributed by atoms with Crippen molar-refractivity contribution in [3.05, 3.63) is 50.8 Å². The van der Waals surface area contributed by atoms with Crippen molar-refractivity contribution in [3.63, 3.8) is 0 Å². The van der Waals surface area contributed by atoms with Crippen LogP contribution in [0.25, 0.3) is 9.88 Å². The standard InChI is InChI=1S/C17H13ClN2O4S2/c1-8-14(26-16(19-8)11-6-7-12(18)25-11)15(22)20-10-5-3-4-9(13(10)21)17(23)24-2/h3-7,21H,1-2H3,(H,20,22). The zero-order valence-corrected chi connectivity index (χ0v) is 16.1. The first kappa shape index (κ1) is 18.4. The lowest BCUT2D eigenvalue weighted by Crippen LogP contribution is -2.12. The second kappa shape index (κ2) is 7.45. The number of amides is 1. The minimum absolute atomic E-state index is 0.0276. The van der Waals surface area contributed by atoms with Crippen molar-refractivity contribution in [1.82, 2.24) is 4.98 Å². The molecule has 0 aliphatic rings. The molecule has 0 saturated carbocycles. The quantitative estimate of drug-likeness (QED) is 0.487. The molecule has 9 heteroatoms. The molecule has 3 rings (SSSR count). The van der Waals surface area contributed by atoms with E-state index in [0.29, 0.717) is 19.9 Å². The lowest BCUT2D eigenvalue weighted by Gasteiger charge is -2.09. The number of phenolic OH excluding ortho intramolecular Hbond substituents is 1. The summed E-state index contributed by atoms with van der Waals surface area (Å²) in [6.07, 6.45) is 0. The molecule has 0 atom stereocenters. The van der Waals surface area contributed by atoms with Crippen molar-refractivity contribution in [2.75, 3.05) is 12.4 Å². The van der Waals surface area contributed by atoms with Gasteiger partial charge in [0.25, 0.3) is 5.91 Å². The average Bonchev–Trinajstić information content (AvgIpc) is 3.21. The molecule has 2 N–H and O–H groups in total. The maximum Gasteiger partial charge on any atom is 0.341 e. The van der Waals surface area contributed by atoms with Crippen LogP contribution in [-0.4, -0.2) is 29.1 Å². The van der Waals surface area contributed by atoms with Gasteiger partial charge in [0, 0.05) is 0 Å². The number of para-hydroxylation sites is 1. The van der Waals surface area contributed by atoms with E-state index in [9.17, 15) is 14.7 Å². The Balaban J connectivity index is 1.87. The Morgan fingerprint density at radius 3 is 2.65 bits per heavy atom. The van der Waals surface area contributed by atoms with E-state index in [1.807, 2.05) is 6.07 Å². The van der Waals surface area contributed by atoms with Gasteiger partial charge in [-0.05, 0) is 31.2 Å². The van der Waals surface area contributed by atoms with Gasteiger partial charge in [0.2, 0.25) is 0 Å². The van der Waals surface area contributed by atoms with Crippen LogP contribution >= 0.6 is 34.3 Å². The second-order valence-electron chi connectivity index (χ2n) is 5.18. The van der Waals surface area contributed by atoms with E-state index >= 15 is 0 Å². The number of thiophene rings is 1. The number of aryl methyl sites for hydroxylation is 1. The summed E-state index contributed by atoms with van der Waals surface area (Å²) in [5.41, 5.74) is 0.655. The van der Waals surface area contributed by atoms with E-state index in [0.717, 1.165) is 4.88 Å². The van der Waals surface area contributed by atoms with Crippen LogP contribution in [0.15, 0.2) is 30.3 Å². The molecule has 6 nitrogen and oxygen atoms in total. The minimum atomic E-state index is -0.690. The number of thiazole rings is 1. The van der Waals surface area contributed by atoms with Crippen molar-refractivity contribution in [3.8, 4) is 15.6 Å². The number of carbonyl (C=O) groups is 2. The second-order valence-corrected chi connectivity index (χ2v) is 7.90. The van der Waals surface area contributed by atoms with Crippen LogP contribution in [0.4, 0.5) is 5.69 Å². The third-order valence-corrected chi connectivity index (χ3v) is 6.03. The highest BCUT2D eigenvalue weighted by molar-refractivity contribution is 7.24. The maximum absolute atomic E-state index is 12.6. The van der Waals surface area contributed by atoms with Crippen LogP contribution in [0, 0.1) is 6.92 Å². The van der Waals surface area contributed by atoms with Gasteiger partial charge in [-0.1, -0.05) is 17.7 Å². The van der Waals surface area contributed by atoms with Crippen LogP contribution in [-0.2, 0) is 4.74 Å². The summed E-state index contributed by atoms with van der Waals surface area (Å²) in [6, 6.07) is 8.07. The Morgan fingerprint density at radius 1 is 1.23 bits per heavy atom. The molecule has 0 aliphatic carbocycles. The van der Waals surface area contributed by atoms with Crippen molar-refractivity contribution in [1.29, 1.82) is 0 Å². The molecule has 0 aliphatic heterocycles. The van der Waals surface area contributed by atoms with Gasteiger partial charge in [0.05, 0.1) is 27.7 Å². The molecule has 0 radical (unpaired) electrons. The summed E-state index contributed by atoms with van der Waals surface area (Å²) in [4.78, 5) is 29.9. The van der Waals surface area contributed by atoms with Gasteiger partial charge in [0.15, 0.2) is 5.75 Å². The summed E-state index contributed by atoms with van der Waals surface area (Å²) in [5, 5.41) is 13.5. The molecule has 2 aromatic heterocycles. The SMILES string of the molecule is COC(=O)c1cccc(NC(=O)c2sc(-c3ccc(Cl)s3)nc2C)c1O. The number of aromatic hydroxyl groups is 1. The first-order valence-electron chi connectivity index (χ1n) is 7.35. The highest BCUT2D eigenvalue weighted by atomic mass is 35.5. The molecule has 3 aromatic rings. The number of phenols is 1. The normalized spacial score (nSPS) is 10.6. The van der Waals surface area contributed by atoms with Gasteiger partial charge in [0.1, 0.15) is 15.4 Å². The Bertz CT molecular complexity index is 997. The predicted octanol–water partition coefficient (Wildman–Crippen LogP) is 4.58. The van der Waals surface area contributed by atoms with Crippen molar-refractivity contribution in [2.45, 2.75) is 6.92 Å². The molecule has 2 heterocycles. The van der Waals surface area contributed by atoms with Gasteiger partial charge in [-0.25, -0.2) is 9.78 Å². The zero-order chi connectivity index (χ0) is 18.8. The number of rotatable bonds is 4. The molecular weight excluding hydrogens is 396 g/mol. The molecule has 0 saturated heterocycles. The summed E-state index contributed by atoms with van der Waals surface area (Å²) in [5.74, 6) is -1.46. The van der Waals surface area contributed by atoms with Crippen molar-refractivity contribution >= 4 is 51.8 Å². The van der Waals surface area contributed by atoms with Crippen LogP contribution in [0.1, 0.15) is 25.7 Å². The number of benzene rings is 1. The number of halogens is 1. The average molecular weight is 409 g/mol. The fourth-order valence-corrected chi connectivity index (χ4v) is 4.30. The van der Waals surface area contributed by atoms with E-state index in [4.69, 9.17) is 11.6 Å². The monoisotopic (exact) mass is 408 g/mol. The summed E-state index contributed by atoms with van der Waals surface area (Å²) >= 11 is 8.56. The molecule has 1 aromatic carbocycles. The molecule has 0 fully saturated rings. The highest BCUT2D eigenvalue weighted by Crippen LogP contribution is 2.35. The molecule has 0 unspecified atom stereocenters. The number of hydrogen-bond acceptors (Lipinski definition) is 7. The largest absolute Gasteiger partial charge is 0.505 e. The fraction of sp³-hybridized carbons (Fsp3) is 0.118. The first-order chi connectivity index (χ1) is 12.4. The van der Waals surface area contributed by atoms with Gasteiger partial charge >= 0.3 is 5.97 Å².